The quantitative estimate of drug-likeness (QED) is 0.412. The van der Waals surface area contributed by atoms with Crippen LogP contribution in [0, 0.1) is 0 Å². The van der Waals surface area contributed by atoms with Crippen LogP contribution in [0.2, 0.25) is 0 Å². The Hall–Kier alpha value is -2.98. The van der Waals surface area contributed by atoms with Gasteiger partial charge in [0.2, 0.25) is 0 Å². The third-order valence-electron chi connectivity index (χ3n) is 4.17. The van der Waals surface area contributed by atoms with Crippen LogP contribution in [0.1, 0.15) is 0 Å². The van der Waals surface area contributed by atoms with E-state index in [0.717, 1.165) is 43.5 Å². The highest BCUT2D eigenvalue weighted by atomic mass is 32.1. The molecule has 1 aromatic heterocycles. The van der Waals surface area contributed by atoms with Crippen LogP contribution >= 0.6 is 11.3 Å². The van der Waals surface area contributed by atoms with Crippen molar-refractivity contribution in [2.24, 2.45) is 0 Å². The van der Waals surface area contributed by atoms with E-state index in [1.165, 1.54) is 0 Å². The Balaban J connectivity index is 1.87. The largest absolute Gasteiger partial charge is 0.497 e. The van der Waals surface area contributed by atoms with E-state index in [2.05, 4.69) is 18.2 Å². The molecular formula is C22H18O3S. The minimum atomic E-state index is 0.817. The first-order valence-electron chi connectivity index (χ1n) is 8.26. The lowest BCUT2D eigenvalue weighted by atomic mass is 10.1. The Labute approximate surface area is 156 Å². The Morgan fingerprint density at radius 1 is 0.692 bits per heavy atom. The molecule has 4 rings (SSSR count). The van der Waals surface area contributed by atoms with E-state index in [1.54, 1.807) is 25.6 Å². The molecule has 0 aliphatic heterocycles. The highest BCUT2D eigenvalue weighted by Gasteiger charge is 2.17. The Kier molecular flexibility index (Phi) is 4.50. The summed E-state index contributed by atoms with van der Waals surface area (Å²) in [6, 6.07) is 23.9. The van der Waals surface area contributed by atoms with Crippen molar-refractivity contribution in [3.8, 4) is 33.4 Å². The monoisotopic (exact) mass is 362 g/mol. The molecule has 0 saturated carbocycles. The molecule has 0 fully saturated rings. The molecule has 0 spiro atoms. The zero-order valence-corrected chi connectivity index (χ0v) is 15.4. The van der Waals surface area contributed by atoms with E-state index in [4.69, 9.17) is 14.2 Å². The molecule has 4 aromatic rings. The predicted molar refractivity (Wildman–Crippen MR) is 107 cm³/mol. The number of rotatable bonds is 5. The van der Waals surface area contributed by atoms with Gasteiger partial charge in [-0.3, -0.25) is 0 Å². The van der Waals surface area contributed by atoms with Gasteiger partial charge in [-0.2, -0.15) is 0 Å². The van der Waals surface area contributed by atoms with Crippen LogP contribution in [-0.4, -0.2) is 14.2 Å². The van der Waals surface area contributed by atoms with Crippen molar-refractivity contribution >= 4 is 21.4 Å². The van der Waals surface area contributed by atoms with Crippen molar-refractivity contribution in [3.05, 3.63) is 72.8 Å². The molecule has 3 nitrogen and oxygen atoms in total. The average molecular weight is 362 g/mol. The summed E-state index contributed by atoms with van der Waals surface area (Å²) in [6.07, 6.45) is 0. The summed E-state index contributed by atoms with van der Waals surface area (Å²) in [5.74, 6) is 3.36. The van der Waals surface area contributed by atoms with Gasteiger partial charge >= 0.3 is 0 Å². The fourth-order valence-electron chi connectivity index (χ4n) is 2.82. The third-order valence-corrected chi connectivity index (χ3v) is 5.35. The van der Waals surface area contributed by atoms with E-state index in [1.807, 2.05) is 54.6 Å². The van der Waals surface area contributed by atoms with E-state index >= 15 is 0 Å². The fourth-order valence-corrected chi connectivity index (χ4v) is 3.98. The van der Waals surface area contributed by atoms with Crippen LogP contribution < -0.4 is 14.2 Å². The van der Waals surface area contributed by atoms with Gasteiger partial charge < -0.3 is 14.2 Å². The van der Waals surface area contributed by atoms with Gasteiger partial charge in [-0.05, 0) is 60.2 Å². The summed E-state index contributed by atoms with van der Waals surface area (Å²) in [4.78, 5) is 1.08. The fraction of sp³-hybridized carbons (Fsp3) is 0.0909. The number of thiophene rings is 1. The molecule has 0 aliphatic rings. The number of para-hydroxylation sites is 1. The number of hydrogen-bond donors (Lipinski definition) is 0. The summed E-state index contributed by atoms with van der Waals surface area (Å²) >= 11 is 1.69. The average Bonchev–Trinajstić information content (AvgIpc) is 3.06. The maximum atomic E-state index is 6.29. The maximum Gasteiger partial charge on any atom is 0.153 e. The Morgan fingerprint density at radius 3 is 2.08 bits per heavy atom. The molecule has 0 bridgehead atoms. The first-order chi connectivity index (χ1) is 12.8. The highest BCUT2D eigenvalue weighted by molar-refractivity contribution is 7.22. The highest BCUT2D eigenvalue weighted by Crippen LogP contribution is 2.47. The Bertz CT molecular complexity index is 1020. The molecule has 0 aliphatic carbocycles. The Morgan fingerprint density at radius 2 is 1.38 bits per heavy atom. The van der Waals surface area contributed by atoms with Crippen LogP contribution in [0.3, 0.4) is 0 Å². The smallest absolute Gasteiger partial charge is 0.153 e. The van der Waals surface area contributed by atoms with Gasteiger partial charge in [0.25, 0.3) is 0 Å². The van der Waals surface area contributed by atoms with Crippen LogP contribution in [0.5, 0.6) is 23.0 Å². The summed E-state index contributed by atoms with van der Waals surface area (Å²) < 4.78 is 18.1. The number of hydrogen-bond acceptors (Lipinski definition) is 4. The van der Waals surface area contributed by atoms with Gasteiger partial charge in [-0.25, -0.2) is 0 Å². The third kappa shape index (κ3) is 3.11. The van der Waals surface area contributed by atoms with E-state index in [-0.39, 0.29) is 0 Å². The second kappa shape index (κ2) is 7.10. The van der Waals surface area contributed by atoms with Gasteiger partial charge in [0, 0.05) is 10.1 Å². The van der Waals surface area contributed by atoms with Gasteiger partial charge in [-0.1, -0.05) is 18.2 Å². The SMILES string of the molecule is COc1ccc(-c2sc3cc(OC)ccc3c2Oc2ccccc2)cc1. The van der Waals surface area contributed by atoms with E-state index < -0.39 is 0 Å². The van der Waals surface area contributed by atoms with Gasteiger partial charge in [0.15, 0.2) is 5.75 Å². The summed E-state index contributed by atoms with van der Waals surface area (Å²) in [5.41, 5.74) is 1.09. The molecule has 0 saturated heterocycles. The van der Waals surface area contributed by atoms with Crippen molar-refractivity contribution < 1.29 is 14.2 Å². The second-order valence-electron chi connectivity index (χ2n) is 5.77. The van der Waals surface area contributed by atoms with Crippen LogP contribution in [-0.2, 0) is 0 Å². The summed E-state index contributed by atoms with van der Waals surface area (Å²) in [5, 5.41) is 1.07. The first-order valence-corrected chi connectivity index (χ1v) is 9.08. The van der Waals surface area contributed by atoms with Crippen molar-refractivity contribution in [1.29, 1.82) is 0 Å². The minimum Gasteiger partial charge on any atom is -0.497 e. The molecule has 26 heavy (non-hydrogen) atoms. The van der Waals surface area contributed by atoms with Crippen molar-refractivity contribution in [2.45, 2.75) is 0 Å². The standard InChI is InChI=1S/C22H18O3S/c1-23-16-10-8-15(9-11-16)22-21(25-17-6-4-3-5-7-17)19-13-12-18(24-2)14-20(19)26-22/h3-14H,1-2H3. The van der Waals surface area contributed by atoms with E-state index in [0.29, 0.717) is 0 Å². The molecule has 130 valence electrons. The summed E-state index contributed by atoms with van der Waals surface area (Å²) in [7, 11) is 3.35. The molecule has 3 aromatic carbocycles. The molecule has 1 heterocycles. The molecule has 0 radical (unpaired) electrons. The molecule has 0 unspecified atom stereocenters. The summed E-state index contributed by atoms with van der Waals surface area (Å²) in [6.45, 7) is 0. The topological polar surface area (TPSA) is 27.7 Å². The van der Waals surface area contributed by atoms with Gasteiger partial charge in [0.05, 0.1) is 19.1 Å². The van der Waals surface area contributed by atoms with Crippen LogP contribution in [0.15, 0.2) is 72.8 Å². The first kappa shape index (κ1) is 16.5. The number of fused-ring (bicyclic) bond motifs is 1. The van der Waals surface area contributed by atoms with Crippen LogP contribution in [0.4, 0.5) is 0 Å². The minimum absolute atomic E-state index is 0.817. The zero-order valence-electron chi connectivity index (χ0n) is 14.6. The van der Waals surface area contributed by atoms with Gasteiger partial charge in [-0.15, -0.1) is 11.3 Å². The number of benzene rings is 3. The van der Waals surface area contributed by atoms with Gasteiger partial charge in [0.1, 0.15) is 17.2 Å². The maximum absolute atomic E-state index is 6.29. The van der Waals surface area contributed by atoms with E-state index in [9.17, 15) is 0 Å². The van der Waals surface area contributed by atoms with Crippen LogP contribution in [0.25, 0.3) is 20.5 Å². The second-order valence-corrected chi connectivity index (χ2v) is 6.82. The van der Waals surface area contributed by atoms with Crippen molar-refractivity contribution in [1.82, 2.24) is 0 Å². The lowest BCUT2D eigenvalue weighted by molar-refractivity contribution is 0.415. The molecular weight excluding hydrogens is 344 g/mol. The molecule has 0 N–H and O–H groups in total. The zero-order chi connectivity index (χ0) is 17.9. The lowest BCUT2D eigenvalue weighted by Crippen LogP contribution is -1.86. The molecule has 4 heteroatoms. The molecule has 0 amide bonds. The van der Waals surface area contributed by atoms with Crippen molar-refractivity contribution in [2.75, 3.05) is 14.2 Å². The van der Waals surface area contributed by atoms with Crippen molar-refractivity contribution in [3.63, 3.8) is 0 Å². The molecule has 0 atom stereocenters. The normalized spacial score (nSPS) is 10.7. The predicted octanol–water partition coefficient (Wildman–Crippen LogP) is 6.38. The lowest BCUT2D eigenvalue weighted by Gasteiger charge is -2.08. The number of ether oxygens (including phenoxy) is 3. The number of methoxy groups -OCH3 is 2.